The molecule has 0 radical (unpaired) electrons. The van der Waals surface area contributed by atoms with Gasteiger partial charge in [0.05, 0.1) is 12.0 Å². The number of hydrogen-bond acceptors (Lipinski definition) is 3. The fraction of sp³-hybridized carbons (Fsp3) is 0.875. The second-order valence-electron chi connectivity index (χ2n) is 3.85. The zero-order valence-corrected chi connectivity index (χ0v) is 6.97. The Kier molecular flexibility index (Phi) is 1.81. The normalized spacial score (nSPS) is 26.1. The van der Waals surface area contributed by atoms with Crippen molar-refractivity contribution in [1.82, 2.24) is 10.6 Å². The SMILES string of the molecule is O=C(CC1(O)CNC1)NC1CC1. The van der Waals surface area contributed by atoms with Gasteiger partial charge in [-0.05, 0) is 12.8 Å². The lowest BCUT2D eigenvalue weighted by molar-refractivity contribution is -0.128. The lowest BCUT2D eigenvalue weighted by Crippen LogP contribution is -2.61. The van der Waals surface area contributed by atoms with E-state index in [0.717, 1.165) is 12.8 Å². The number of rotatable bonds is 3. The molecule has 2 aliphatic rings. The number of β-amino-alcohol motifs (C(OH)–C–C–N with tert-alkyl or cyclic N) is 1. The first kappa shape index (κ1) is 8.01. The standard InChI is InChI=1S/C8H14N2O2/c11-7(10-6-1-2-6)3-8(12)4-9-5-8/h6,9,12H,1-5H2,(H,10,11). The van der Waals surface area contributed by atoms with E-state index in [-0.39, 0.29) is 12.3 Å². The van der Waals surface area contributed by atoms with E-state index in [1.54, 1.807) is 0 Å². The smallest absolute Gasteiger partial charge is 0.223 e. The molecule has 0 aromatic rings. The quantitative estimate of drug-likeness (QED) is 0.508. The molecule has 1 saturated heterocycles. The summed E-state index contributed by atoms with van der Waals surface area (Å²) in [6, 6.07) is 0.397. The van der Waals surface area contributed by atoms with Gasteiger partial charge in [-0.3, -0.25) is 4.79 Å². The third kappa shape index (κ3) is 1.76. The Morgan fingerprint density at radius 2 is 2.25 bits per heavy atom. The van der Waals surface area contributed by atoms with Crippen LogP contribution in [0.4, 0.5) is 0 Å². The second kappa shape index (κ2) is 2.71. The number of carbonyl (C=O) groups excluding carboxylic acids is 1. The first-order valence-electron chi connectivity index (χ1n) is 4.40. The fourth-order valence-corrected chi connectivity index (χ4v) is 1.34. The van der Waals surface area contributed by atoms with E-state index in [9.17, 15) is 9.90 Å². The summed E-state index contributed by atoms with van der Waals surface area (Å²) in [6.07, 6.45) is 2.45. The van der Waals surface area contributed by atoms with Crippen LogP contribution >= 0.6 is 0 Å². The molecular weight excluding hydrogens is 156 g/mol. The summed E-state index contributed by atoms with van der Waals surface area (Å²) in [6.45, 7) is 1.09. The minimum Gasteiger partial charge on any atom is -0.387 e. The van der Waals surface area contributed by atoms with E-state index >= 15 is 0 Å². The number of amides is 1. The van der Waals surface area contributed by atoms with Crippen LogP contribution in [0.15, 0.2) is 0 Å². The molecule has 2 rings (SSSR count). The third-order valence-corrected chi connectivity index (χ3v) is 2.34. The molecule has 1 aliphatic carbocycles. The third-order valence-electron chi connectivity index (χ3n) is 2.34. The van der Waals surface area contributed by atoms with Crippen molar-refractivity contribution in [2.75, 3.05) is 13.1 Å². The maximum atomic E-state index is 11.2. The molecule has 0 aromatic carbocycles. The maximum Gasteiger partial charge on any atom is 0.223 e. The second-order valence-corrected chi connectivity index (χ2v) is 3.85. The highest BCUT2D eigenvalue weighted by Crippen LogP contribution is 2.20. The monoisotopic (exact) mass is 170 g/mol. The predicted octanol–water partition coefficient (Wildman–Crippen LogP) is -1.01. The minimum atomic E-state index is -0.765. The van der Waals surface area contributed by atoms with Crippen LogP contribution in [-0.4, -0.2) is 35.7 Å². The van der Waals surface area contributed by atoms with Crippen LogP contribution < -0.4 is 10.6 Å². The molecule has 4 nitrogen and oxygen atoms in total. The van der Waals surface area contributed by atoms with E-state index in [2.05, 4.69) is 10.6 Å². The Hall–Kier alpha value is -0.610. The molecule has 0 bridgehead atoms. The lowest BCUT2D eigenvalue weighted by atomic mass is 9.93. The van der Waals surface area contributed by atoms with Crippen LogP contribution in [0, 0.1) is 0 Å². The van der Waals surface area contributed by atoms with Crippen LogP contribution in [0.5, 0.6) is 0 Å². The molecule has 3 N–H and O–H groups in total. The van der Waals surface area contributed by atoms with Crippen molar-refractivity contribution in [2.24, 2.45) is 0 Å². The Morgan fingerprint density at radius 3 is 2.67 bits per heavy atom. The van der Waals surface area contributed by atoms with Crippen molar-refractivity contribution in [2.45, 2.75) is 30.9 Å². The highest BCUT2D eigenvalue weighted by molar-refractivity contribution is 5.77. The molecule has 68 valence electrons. The molecule has 0 aromatic heterocycles. The van der Waals surface area contributed by atoms with Crippen molar-refractivity contribution in [3.8, 4) is 0 Å². The van der Waals surface area contributed by atoms with Gasteiger partial charge in [-0.2, -0.15) is 0 Å². The number of carbonyl (C=O) groups is 1. The van der Waals surface area contributed by atoms with Crippen molar-refractivity contribution < 1.29 is 9.90 Å². The van der Waals surface area contributed by atoms with Crippen LogP contribution in [0.2, 0.25) is 0 Å². The van der Waals surface area contributed by atoms with Crippen molar-refractivity contribution in [3.63, 3.8) is 0 Å². The molecule has 12 heavy (non-hydrogen) atoms. The molecule has 0 spiro atoms. The van der Waals surface area contributed by atoms with Crippen molar-refractivity contribution in [1.29, 1.82) is 0 Å². The summed E-state index contributed by atoms with van der Waals surface area (Å²) >= 11 is 0. The van der Waals surface area contributed by atoms with E-state index < -0.39 is 5.60 Å². The molecule has 1 amide bonds. The lowest BCUT2D eigenvalue weighted by Gasteiger charge is -2.36. The zero-order valence-electron chi connectivity index (χ0n) is 6.97. The predicted molar refractivity (Wildman–Crippen MR) is 43.6 cm³/mol. The molecule has 1 aliphatic heterocycles. The van der Waals surface area contributed by atoms with Crippen LogP contribution in [0.3, 0.4) is 0 Å². The van der Waals surface area contributed by atoms with Gasteiger partial charge in [0, 0.05) is 19.1 Å². The van der Waals surface area contributed by atoms with E-state index in [4.69, 9.17) is 0 Å². The molecule has 4 heteroatoms. The van der Waals surface area contributed by atoms with Crippen LogP contribution in [-0.2, 0) is 4.79 Å². The Balaban J connectivity index is 1.73. The highest BCUT2D eigenvalue weighted by atomic mass is 16.3. The largest absolute Gasteiger partial charge is 0.387 e. The molecule has 0 unspecified atom stereocenters. The molecule has 2 fully saturated rings. The summed E-state index contributed by atoms with van der Waals surface area (Å²) in [5, 5.41) is 15.4. The van der Waals surface area contributed by atoms with Gasteiger partial charge in [-0.25, -0.2) is 0 Å². The highest BCUT2D eigenvalue weighted by Gasteiger charge is 2.37. The van der Waals surface area contributed by atoms with E-state index in [1.807, 2.05) is 0 Å². The van der Waals surface area contributed by atoms with Gasteiger partial charge in [0.1, 0.15) is 0 Å². The molecular formula is C8H14N2O2. The van der Waals surface area contributed by atoms with Gasteiger partial charge < -0.3 is 15.7 Å². The molecule has 1 saturated carbocycles. The summed E-state index contributed by atoms with van der Waals surface area (Å²) in [5.74, 6) is -0.0125. The van der Waals surface area contributed by atoms with Gasteiger partial charge in [0.15, 0.2) is 0 Å². The van der Waals surface area contributed by atoms with Gasteiger partial charge >= 0.3 is 0 Å². The number of aliphatic hydroxyl groups is 1. The van der Waals surface area contributed by atoms with E-state index in [1.165, 1.54) is 0 Å². The Labute approximate surface area is 71.3 Å². The fourth-order valence-electron chi connectivity index (χ4n) is 1.34. The van der Waals surface area contributed by atoms with Gasteiger partial charge in [0.2, 0.25) is 5.91 Å². The molecule has 1 heterocycles. The summed E-state index contributed by atoms with van der Waals surface area (Å²) in [4.78, 5) is 11.2. The van der Waals surface area contributed by atoms with Crippen molar-refractivity contribution >= 4 is 5.91 Å². The minimum absolute atomic E-state index is 0.0125. The van der Waals surface area contributed by atoms with Crippen LogP contribution in [0.1, 0.15) is 19.3 Å². The zero-order chi connectivity index (χ0) is 8.60. The summed E-state index contributed by atoms with van der Waals surface area (Å²) < 4.78 is 0. The van der Waals surface area contributed by atoms with Gasteiger partial charge in [0.25, 0.3) is 0 Å². The Morgan fingerprint density at radius 1 is 1.58 bits per heavy atom. The first-order chi connectivity index (χ1) is 5.68. The number of hydrogen-bond donors (Lipinski definition) is 3. The number of nitrogens with one attached hydrogen (secondary N) is 2. The van der Waals surface area contributed by atoms with Crippen molar-refractivity contribution in [3.05, 3.63) is 0 Å². The van der Waals surface area contributed by atoms with Crippen LogP contribution in [0.25, 0.3) is 0 Å². The van der Waals surface area contributed by atoms with E-state index in [0.29, 0.717) is 19.1 Å². The maximum absolute atomic E-state index is 11.2. The average molecular weight is 170 g/mol. The summed E-state index contributed by atoms with van der Waals surface area (Å²) in [5.41, 5.74) is -0.765. The van der Waals surface area contributed by atoms with Gasteiger partial charge in [-0.1, -0.05) is 0 Å². The first-order valence-corrected chi connectivity index (χ1v) is 4.40. The van der Waals surface area contributed by atoms with Gasteiger partial charge in [-0.15, -0.1) is 0 Å². The summed E-state index contributed by atoms with van der Waals surface area (Å²) in [7, 11) is 0. The topological polar surface area (TPSA) is 61.4 Å². The Bertz CT molecular complexity index is 197. The molecule has 0 atom stereocenters. The average Bonchev–Trinajstić information content (AvgIpc) is 2.68.